The number of H-pyrrole nitrogens is 1. The first kappa shape index (κ1) is 13.1. The van der Waals surface area contributed by atoms with Crippen molar-refractivity contribution in [1.82, 2.24) is 15.3 Å². The highest BCUT2D eigenvalue weighted by atomic mass is 35.5. The van der Waals surface area contributed by atoms with Gasteiger partial charge in [0.1, 0.15) is 11.6 Å². The van der Waals surface area contributed by atoms with E-state index in [4.69, 9.17) is 11.6 Å². The summed E-state index contributed by atoms with van der Waals surface area (Å²) in [5, 5.41) is 3.63. The zero-order chi connectivity index (χ0) is 13.0. The van der Waals surface area contributed by atoms with Gasteiger partial charge in [0, 0.05) is 35.4 Å². The minimum Gasteiger partial charge on any atom is -0.349 e. The average molecular weight is 268 g/mol. The fourth-order valence-corrected chi connectivity index (χ4v) is 2.13. The van der Waals surface area contributed by atoms with Crippen LogP contribution in [0.2, 0.25) is 5.02 Å². The summed E-state index contributed by atoms with van der Waals surface area (Å²) in [6, 6.07) is 4.84. The van der Waals surface area contributed by atoms with Crippen LogP contribution in [0.15, 0.2) is 30.6 Å². The lowest BCUT2D eigenvalue weighted by atomic mass is 10.0. The number of aromatic nitrogens is 2. The second kappa shape index (κ2) is 5.98. The zero-order valence-corrected chi connectivity index (χ0v) is 10.8. The number of nitrogens with one attached hydrogen (secondary N) is 2. The van der Waals surface area contributed by atoms with Crippen LogP contribution in [0.5, 0.6) is 0 Å². The fourth-order valence-electron chi connectivity index (χ4n) is 1.89. The second-order valence-corrected chi connectivity index (χ2v) is 4.54. The Morgan fingerprint density at radius 3 is 2.89 bits per heavy atom. The molecule has 96 valence electrons. The lowest BCUT2D eigenvalue weighted by molar-refractivity contribution is 0.524. The number of halogens is 2. The number of aromatic amines is 1. The molecule has 5 heteroatoms. The molecule has 1 atom stereocenters. The molecule has 0 saturated carbocycles. The molecular weight excluding hydrogens is 253 g/mol. The van der Waals surface area contributed by atoms with Gasteiger partial charge >= 0.3 is 0 Å². The van der Waals surface area contributed by atoms with Crippen LogP contribution in [-0.2, 0) is 12.8 Å². The SMILES string of the molecule is CNC(Cc1ncc[nH]1)Cc1c(F)cccc1Cl. The average Bonchev–Trinajstić information content (AvgIpc) is 2.85. The standard InChI is InChI=1S/C13H15ClFN3/c1-16-9(8-13-17-5-6-18-13)7-10-11(14)3-2-4-12(10)15/h2-6,9,16H,7-8H2,1H3,(H,17,18). The summed E-state index contributed by atoms with van der Waals surface area (Å²) < 4.78 is 13.7. The minimum absolute atomic E-state index is 0.0885. The number of rotatable bonds is 5. The van der Waals surface area contributed by atoms with Crippen molar-refractivity contribution in [3.63, 3.8) is 0 Å². The van der Waals surface area contributed by atoms with E-state index in [9.17, 15) is 4.39 Å². The molecule has 0 aliphatic heterocycles. The van der Waals surface area contributed by atoms with Crippen LogP contribution in [0.1, 0.15) is 11.4 Å². The van der Waals surface area contributed by atoms with E-state index >= 15 is 0 Å². The Morgan fingerprint density at radius 1 is 1.44 bits per heavy atom. The predicted octanol–water partition coefficient (Wildman–Crippen LogP) is 2.58. The van der Waals surface area contributed by atoms with Gasteiger partial charge in [0.05, 0.1) is 0 Å². The van der Waals surface area contributed by atoms with Crippen molar-refractivity contribution in [3.05, 3.63) is 52.8 Å². The van der Waals surface area contributed by atoms with E-state index in [0.717, 1.165) is 5.82 Å². The van der Waals surface area contributed by atoms with Gasteiger partial charge in [0.25, 0.3) is 0 Å². The zero-order valence-electron chi connectivity index (χ0n) is 10.1. The predicted molar refractivity (Wildman–Crippen MR) is 70.3 cm³/mol. The molecule has 18 heavy (non-hydrogen) atoms. The maximum Gasteiger partial charge on any atom is 0.127 e. The summed E-state index contributed by atoms with van der Waals surface area (Å²) >= 11 is 6.02. The van der Waals surface area contributed by atoms with Crippen LogP contribution in [0, 0.1) is 5.82 Å². The van der Waals surface area contributed by atoms with E-state index in [1.165, 1.54) is 6.07 Å². The lowest BCUT2D eigenvalue weighted by Crippen LogP contribution is -2.30. The maximum atomic E-state index is 13.7. The third-order valence-electron chi connectivity index (χ3n) is 2.92. The van der Waals surface area contributed by atoms with Crippen molar-refractivity contribution >= 4 is 11.6 Å². The molecule has 2 rings (SSSR count). The third kappa shape index (κ3) is 3.09. The van der Waals surface area contributed by atoms with Gasteiger partial charge in [-0.25, -0.2) is 9.37 Å². The summed E-state index contributed by atoms with van der Waals surface area (Å²) in [5.74, 6) is 0.615. The Labute approximate surface area is 110 Å². The first-order valence-corrected chi connectivity index (χ1v) is 6.17. The molecular formula is C13H15ClFN3. The van der Waals surface area contributed by atoms with E-state index in [2.05, 4.69) is 15.3 Å². The smallest absolute Gasteiger partial charge is 0.127 e. The highest BCUT2D eigenvalue weighted by Crippen LogP contribution is 2.21. The molecule has 0 bridgehead atoms. The van der Waals surface area contributed by atoms with Crippen LogP contribution in [0.25, 0.3) is 0 Å². The van der Waals surface area contributed by atoms with E-state index < -0.39 is 0 Å². The van der Waals surface area contributed by atoms with Crippen LogP contribution >= 0.6 is 11.6 Å². The molecule has 1 aromatic carbocycles. The van der Waals surface area contributed by atoms with E-state index in [0.29, 0.717) is 23.4 Å². The monoisotopic (exact) mass is 267 g/mol. The number of benzene rings is 1. The molecule has 0 aliphatic carbocycles. The largest absolute Gasteiger partial charge is 0.349 e. The van der Waals surface area contributed by atoms with Crippen molar-refractivity contribution in [2.75, 3.05) is 7.05 Å². The Bertz CT molecular complexity index is 479. The number of hydrogen-bond acceptors (Lipinski definition) is 2. The van der Waals surface area contributed by atoms with Crippen LogP contribution < -0.4 is 5.32 Å². The summed E-state index contributed by atoms with van der Waals surface area (Å²) in [4.78, 5) is 7.21. The molecule has 0 aliphatic rings. The number of nitrogens with zero attached hydrogens (tertiary/aromatic N) is 1. The third-order valence-corrected chi connectivity index (χ3v) is 3.27. The summed E-state index contributed by atoms with van der Waals surface area (Å²) in [5.41, 5.74) is 0.546. The van der Waals surface area contributed by atoms with Gasteiger partial charge in [0.2, 0.25) is 0 Å². The van der Waals surface area contributed by atoms with E-state index in [1.807, 2.05) is 7.05 Å². The topological polar surface area (TPSA) is 40.7 Å². The first-order valence-electron chi connectivity index (χ1n) is 5.79. The van der Waals surface area contributed by atoms with Gasteiger partial charge < -0.3 is 10.3 Å². The second-order valence-electron chi connectivity index (χ2n) is 4.13. The number of hydrogen-bond donors (Lipinski definition) is 2. The number of likely N-dealkylation sites (N-methyl/N-ethyl adjacent to an activating group) is 1. The molecule has 0 amide bonds. The quantitative estimate of drug-likeness (QED) is 0.874. The highest BCUT2D eigenvalue weighted by Gasteiger charge is 2.14. The van der Waals surface area contributed by atoms with Crippen molar-refractivity contribution in [2.24, 2.45) is 0 Å². The highest BCUT2D eigenvalue weighted by molar-refractivity contribution is 6.31. The van der Waals surface area contributed by atoms with Gasteiger partial charge in [-0.1, -0.05) is 17.7 Å². The molecule has 0 saturated heterocycles. The van der Waals surface area contributed by atoms with Gasteiger partial charge in [0.15, 0.2) is 0 Å². The van der Waals surface area contributed by atoms with Crippen LogP contribution in [0.3, 0.4) is 0 Å². The molecule has 2 N–H and O–H groups in total. The van der Waals surface area contributed by atoms with Crippen molar-refractivity contribution in [3.8, 4) is 0 Å². The first-order chi connectivity index (χ1) is 8.70. The van der Waals surface area contributed by atoms with Crippen LogP contribution in [0.4, 0.5) is 4.39 Å². The minimum atomic E-state index is -0.262. The maximum absolute atomic E-state index is 13.7. The molecule has 1 heterocycles. The van der Waals surface area contributed by atoms with Gasteiger partial charge in [-0.15, -0.1) is 0 Å². The Kier molecular flexibility index (Phi) is 4.33. The van der Waals surface area contributed by atoms with Crippen molar-refractivity contribution in [1.29, 1.82) is 0 Å². The molecule has 1 aromatic heterocycles. The van der Waals surface area contributed by atoms with Crippen molar-refractivity contribution < 1.29 is 4.39 Å². The molecule has 2 aromatic rings. The normalized spacial score (nSPS) is 12.6. The fraction of sp³-hybridized carbons (Fsp3) is 0.308. The van der Waals surface area contributed by atoms with Crippen LogP contribution in [-0.4, -0.2) is 23.1 Å². The molecule has 0 fully saturated rings. The number of imidazole rings is 1. The van der Waals surface area contributed by atoms with Gasteiger partial charge in [-0.05, 0) is 25.6 Å². The van der Waals surface area contributed by atoms with Gasteiger partial charge in [-0.3, -0.25) is 0 Å². The summed E-state index contributed by atoms with van der Waals surface area (Å²) in [6.07, 6.45) is 4.72. The Morgan fingerprint density at radius 2 is 2.28 bits per heavy atom. The molecule has 1 unspecified atom stereocenters. The Balaban J connectivity index is 2.10. The van der Waals surface area contributed by atoms with Crippen molar-refractivity contribution in [2.45, 2.75) is 18.9 Å². The molecule has 0 spiro atoms. The molecule has 0 radical (unpaired) electrons. The lowest BCUT2D eigenvalue weighted by Gasteiger charge is -2.16. The summed E-state index contributed by atoms with van der Waals surface area (Å²) in [7, 11) is 1.85. The molecule has 3 nitrogen and oxygen atoms in total. The summed E-state index contributed by atoms with van der Waals surface area (Å²) in [6.45, 7) is 0. The van der Waals surface area contributed by atoms with Gasteiger partial charge in [-0.2, -0.15) is 0 Å². The van der Waals surface area contributed by atoms with E-state index in [1.54, 1.807) is 24.5 Å². The Hall–Kier alpha value is -1.39. The van der Waals surface area contributed by atoms with E-state index in [-0.39, 0.29) is 11.9 Å².